The predicted molar refractivity (Wildman–Crippen MR) is 70.2 cm³/mol. The zero-order valence-electron chi connectivity index (χ0n) is 9.78. The van der Waals surface area contributed by atoms with Crippen LogP contribution in [0.4, 0.5) is 10.1 Å². The van der Waals surface area contributed by atoms with Gasteiger partial charge in [0.1, 0.15) is 17.5 Å². The van der Waals surface area contributed by atoms with Crippen molar-refractivity contribution in [3.05, 3.63) is 40.0 Å². The third-order valence-electron chi connectivity index (χ3n) is 2.35. The summed E-state index contributed by atoms with van der Waals surface area (Å²) in [5.41, 5.74) is 1.57. The monoisotopic (exact) mass is 322 g/mol. The third-order valence-corrected chi connectivity index (χ3v) is 2.95. The number of nitrogens with zero attached hydrogens (tertiary/aromatic N) is 4. The number of nitriles is 1. The molecule has 0 amide bonds. The lowest BCUT2D eigenvalue weighted by atomic mass is 10.2. The largest absolute Gasteiger partial charge is 0.360 e. The summed E-state index contributed by atoms with van der Waals surface area (Å²) in [6, 6.07) is 4.91. The maximum atomic E-state index is 13.4. The van der Waals surface area contributed by atoms with Crippen LogP contribution in [0.1, 0.15) is 11.4 Å². The highest BCUT2D eigenvalue weighted by Crippen LogP contribution is 2.24. The Morgan fingerprint density at radius 1 is 1.58 bits per heavy atom. The minimum Gasteiger partial charge on any atom is -0.360 e. The van der Waals surface area contributed by atoms with Gasteiger partial charge in [0.15, 0.2) is 0 Å². The molecule has 0 aliphatic rings. The molecular weight excluding hydrogens is 315 g/mol. The molecule has 96 valence electrons. The molecule has 8 heteroatoms. The summed E-state index contributed by atoms with van der Waals surface area (Å²) < 4.78 is 13.8. The Balaban J connectivity index is 2.27. The van der Waals surface area contributed by atoms with Crippen LogP contribution in [0, 0.1) is 24.1 Å². The number of nitrogens with one attached hydrogen (secondary N) is 2. The highest BCUT2D eigenvalue weighted by molar-refractivity contribution is 9.10. The Kier molecular flexibility index (Phi) is 3.87. The van der Waals surface area contributed by atoms with E-state index in [1.165, 1.54) is 12.3 Å². The van der Waals surface area contributed by atoms with Gasteiger partial charge in [0, 0.05) is 11.9 Å². The molecule has 2 N–H and O–H groups in total. The van der Waals surface area contributed by atoms with Gasteiger partial charge in [-0.3, -0.25) is 0 Å². The lowest BCUT2D eigenvalue weighted by Gasteiger charge is -2.07. The van der Waals surface area contributed by atoms with Crippen LogP contribution in [-0.2, 0) is 0 Å². The zero-order chi connectivity index (χ0) is 13.8. The smallest absolute Gasteiger partial charge is 0.216 e. The molecule has 0 bridgehead atoms. The fourth-order valence-electron chi connectivity index (χ4n) is 1.37. The summed E-state index contributed by atoms with van der Waals surface area (Å²) in [5, 5.41) is 24.8. The van der Waals surface area contributed by atoms with Crippen molar-refractivity contribution in [3.8, 4) is 6.07 Å². The number of aromatic nitrogens is 4. The molecule has 2 rings (SSSR count). The number of hydrogen-bond acceptors (Lipinski definition) is 5. The fraction of sp³-hybridized carbons (Fsp3) is 0.0909. The fourth-order valence-corrected chi connectivity index (χ4v) is 1.83. The van der Waals surface area contributed by atoms with E-state index < -0.39 is 0 Å². The molecule has 1 heterocycles. The summed E-state index contributed by atoms with van der Waals surface area (Å²) in [4.78, 5) is 0. The SMILES string of the molecule is Cc1cc(Br)c(F)cc1NC=C(C#N)c1nn[nH]n1. The van der Waals surface area contributed by atoms with E-state index in [-0.39, 0.29) is 17.2 Å². The second kappa shape index (κ2) is 5.58. The number of tetrazole rings is 1. The van der Waals surface area contributed by atoms with E-state index in [9.17, 15) is 4.39 Å². The lowest BCUT2D eigenvalue weighted by Crippen LogP contribution is -1.96. The molecule has 0 fully saturated rings. The van der Waals surface area contributed by atoms with E-state index >= 15 is 0 Å². The third kappa shape index (κ3) is 2.95. The van der Waals surface area contributed by atoms with Gasteiger partial charge in [0.2, 0.25) is 5.82 Å². The molecule has 19 heavy (non-hydrogen) atoms. The van der Waals surface area contributed by atoms with Gasteiger partial charge in [0.25, 0.3) is 0 Å². The van der Waals surface area contributed by atoms with Gasteiger partial charge in [-0.25, -0.2) is 4.39 Å². The highest BCUT2D eigenvalue weighted by atomic mass is 79.9. The van der Waals surface area contributed by atoms with Crippen LogP contribution >= 0.6 is 15.9 Å². The Morgan fingerprint density at radius 3 is 3.00 bits per heavy atom. The highest BCUT2D eigenvalue weighted by Gasteiger charge is 2.07. The molecule has 0 atom stereocenters. The number of rotatable bonds is 3. The maximum absolute atomic E-state index is 13.4. The number of allylic oxidation sites excluding steroid dienone is 1. The van der Waals surface area contributed by atoms with Crippen molar-refractivity contribution in [1.82, 2.24) is 20.6 Å². The second-order valence-electron chi connectivity index (χ2n) is 3.63. The molecule has 0 saturated carbocycles. The summed E-state index contributed by atoms with van der Waals surface area (Å²) >= 11 is 3.10. The Morgan fingerprint density at radius 2 is 2.37 bits per heavy atom. The number of benzene rings is 1. The molecule has 1 aromatic heterocycles. The van der Waals surface area contributed by atoms with E-state index in [2.05, 4.69) is 41.9 Å². The standard InChI is InChI=1S/C11H8BrFN6/c1-6-2-8(12)9(13)3-10(6)15-5-7(4-14)11-16-18-19-17-11/h2-3,5,15H,1H3,(H,16,17,18,19). The molecule has 0 spiro atoms. The van der Waals surface area contributed by atoms with Crippen molar-refractivity contribution in [1.29, 1.82) is 5.26 Å². The summed E-state index contributed by atoms with van der Waals surface area (Å²) in [5.74, 6) is -0.218. The van der Waals surface area contributed by atoms with E-state index in [0.717, 1.165) is 5.56 Å². The van der Waals surface area contributed by atoms with Crippen LogP contribution in [0.5, 0.6) is 0 Å². The van der Waals surface area contributed by atoms with Crippen LogP contribution in [-0.4, -0.2) is 20.6 Å². The van der Waals surface area contributed by atoms with Gasteiger partial charge in [-0.15, -0.1) is 10.2 Å². The molecule has 0 unspecified atom stereocenters. The van der Waals surface area contributed by atoms with Crippen molar-refractivity contribution in [2.45, 2.75) is 6.92 Å². The van der Waals surface area contributed by atoms with Gasteiger partial charge in [-0.2, -0.15) is 10.5 Å². The summed E-state index contributed by atoms with van der Waals surface area (Å²) in [6.07, 6.45) is 1.40. The minimum atomic E-state index is -0.389. The second-order valence-corrected chi connectivity index (χ2v) is 4.49. The molecule has 0 aliphatic heterocycles. The first-order valence-corrected chi connectivity index (χ1v) is 5.97. The van der Waals surface area contributed by atoms with Crippen LogP contribution in [0.2, 0.25) is 0 Å². The molecule has 2 aromatic rings. The maximum Gasteiger partial charge on any atom is 0.216 e. The first-order chi connectivity index (χ1) is 9.11. The first kappa shape index (κ1) is 13.2. The molecule has 6 nitrogen and oxygen atoms in total. The van der Waals surface area contributed by atoms with Crippen molar-refractivity contribution in [2.24, 2.45) is 0 Å². The Bertz CT molecular complexity index is 659. The van der Waals surface area contributed by atoms with Gasteiger partial charge >= 0.3 is 0 Å². The molecule has 0 aliphatic carbocycles. The average molecular weight is 323 g/mol. The van der Waals surface area contributed by atoms with Crippen molar-refractivity contribution in [3.63, 3.8) is 0 Å². The number of H-pyrrole nitrogens is 1. The van der Waals surface area contributed by atoms with E-state index in [1.807, 2.05) is 13.0 Å². The van der Waals surface area contributed by atoms with Gasteiger partial charge in [0.05, 0.1) is 4.47 Å². The number of anilines is 1. The molecule has 0 radical (unpaired) electrons. The van der Waals surface area contributed by atoms with Gasteiger partial charge in [-0.05, 0) is 45.8 Å². The molecule has 0 saturated heterocycles. The Hall–Kier alpha value is -2.27. The lowest BCUT2D eigenvalue weighted by molar-refractivity contribution is 0.621. The topological polar surface area (TPSA) is 90.3 Å². The quantitative estimate of drug-likeness (QED) is 0.847. The number of aryl methyl sites for hydroxylation is 1. The zero-order valence-corrected chi connectivity index (χ0v) is 11.4. The number of aromatic amines is 1. The minimum absolute atomic E-state index is 0.172. The number of hydrogen-bond donors (Lipinski definition) is 2. The van der Waals surface area contributed by atoms with Crippen molar-refractivity contribution in [2.75, 3.05) is 5.32 Å². The average Bonchev–Trinajstić information content (AvgIpc) is 2.90. The Labute approximate surface area is 116 Å². The van der Waals surface area contributed by atoms with Crippen molar-refractivity contribution < 1.29 is 4.39 Å². The number of halogens is 2. The first-order valence-electron chi connectivity index (χ1n) is 5.18. The molecule has 1 aromatic carbocycles. The van der Waals surface area contributed by atoms with E-state index in [0.29, 0.717) is 10.2 Å². The summed E-state index contributed by atoms with van der Waals surface area (Å²) in [7, 11) is 0. The van der Waals surface area contributed by atoms with Crippen LogP contribution < -0.4 is 5.32 Å². The van der Waals surface area contributed by atoms with E-state index in [1.54, 1.807) is 6.07 Å². The molecular formula is C11H8BrFN6. The van der Waals surface area contributed by atoms with Crippen LogP contribution in [0.15, 0.2) is 22.8 Å². The van der Waals surface area contributed by atoms with Crippen molar-refractivity contribution >= 4 is 27.2 Å². The van der Waals surface area contributed by atoms with E-state index in [4.69, 9.17) is 5.26 Å². The van der Waals surface area contributed by atoms with Gasteiger partial charge in [-0.1, -0.05) is 0 Å². The van der Waals surface area contributed by atoms with Crippen LogP contribution in [0.25, 0.3) is 5.57 Å². The van der Waals surface area contributed by atoms with Gasteiger partial charge < -0.3 is 5.32 Å². The normalized spacial score (nSPS) is 11.2. The van der Waals surface area contributed by atoms with Crippen LogP contribution in [0.3, 0.4) is 0 Å². The predicted octanol–water partition coefficient (Wildman–Crippen LogP) is 2.39. The summed E-state index contributed by atoms with van der Waals surface area (Å²) in [6.45, 7) is 1.82.